The standard InChI is InChI=1S/C7H9.C5H5.C2H4.2ClH.Hf/c1-6-3-4-7(2)5-6;1-2-4-5-3-1;1-2;;;/h3-5H,1-2H3;1-5H;1-2H2;2*1H;/q2*-1;;;;+4/p-2. The van der Waals surface area contributed by atoms with Crippen LogP contribution in [0.5, 0.6) is 0 Å². The minimum absolute atomic E-state index is 0. The first-order valence-electron chi connectivity index (χ1n) is 4.65. The van der Waals surface area contributed by atoms with Crippen molar-refractivity contribution in [2.45, 2.75) is 13.8 Å². The van der Waals surface area contributed by atoms with Gasteiger partial charge in [-0.25, -0.2) is 23.8 Å². The number of halogens is 2. The van der Waals surface area contributed by atoms with Crippen molar-refractivity contribution >= 4 is 0 Å². The van der Waals surface area contributed by atoms with Crippen LogP contribution in [0.4, 0.5) is 0 Å². The summed E-state index contributed by atoms with van der Waals surface area (Å²) in [6, 6.07) is 16.4. The Morgan fingerprint density at radius 3 is 1.59 bits per heavy atom. The van der Waals surface area contributed by atoms with E-state index in [1.807, 2.05) is 30.3 Å². The molecule has 0 aliphatic rings. The minimum atomic E-state index is 0. The Morgan fingerprint density at radius 1 is 1.00 bits per heavy atom. The van der Waals surface area contributed by atoms with Gasteiger partial charge in [0.1, 0.15) is 0 Å². The molecule has 0 aliphatic carbocycles. The van der Waals surface area contributed by atoms with Crippen molar-refractivity contribution in [1.82, 2.24) is 0 Å². The van der Waals surface area contributed by atoms with E-state index in [1.54, 1.807) is 0 Å². The van der Waals surface area contributed by atoms with E-state index in [2.05, 4.69) is 45.2 Å². The molecule has 0 amide bonds. The van der Waals surface area contributed by atoms with Crippen LogP contribution in [0.15, 0.2) is 61.7 Å². The van der Waals surface area contributed by atoms with E-state index in [0.717, 1.165) is 0 Å². The second-order valence-electron chi connectivity index (χ2n) is 2.93. The maximum Gasteiger partial charge on any atom is 4.00 e. The fourth-order valence-corrected chi connectivity index (χ4v) is 1.04. The summed E-state index contributed by atoms with van der Waals surface area (Å²) in [5, 5.41) is 0. The third-order valence-electron chi connectivity index (χ3n) is 1.62. The molecule has 0 heterocycles. The first kappa shape index (κ1) is 25.7. The SMILES string of the molecule is C=C.Cc1c[cH-]c(C)c1.[Cl-].[Cl-].[Hf+4].c1cc[cH-]c1. The maximum absolute atomic E-state index is 3.00. The fraction of sp³-hybridized carbons (Fsp3) is 0.143. The molecule has 0 saturated heterocycles. The summed E-state index contributed by atoms with van der Waals surface area (Å²) in [6.45, 7) is 10.2. The summed E-state index contributed by atoms with van der Waals surface area (Å²) in [7, 11) is 0. The fourth-order valence-electron chi connectivity index (χ4n) is 1.04. The Kier molecular flexibility index (Phi) is 27.6. The van der Waals surface area contributed by atoms with Gasteiger partial charge >= 0.3 is 25.8 Å². The van der Waals surface area contributed by atoms with Gasteiger partial charge in [0.15, 0.2) is 0 Å². The van der Waals surface area contributed by atoms with E-state index in [1.165, 1.54) is 11.1 Å². The normalized spacial score (nSPS) is 6.47. The Bertz CT molecular complexity index is 279. The Hall–Kier alpha value is -0.110. The number of rotatable bonds is 0. The summed E-state index contributed by atoms with van der Waals surface area (Å²) < 4.78 is 0. The average molecular weight is 436 g/mol. The largest absolute Gasteiger partial charge is 4.00 e. The van der Waals surface area contributed by atoms with Gasteiger partial charge in [-0.15, -0.1) is 13.2 Å². The van der Waals surface area contributed by atoms with Crippen LogP contribution in [-0.2, 0) is 25.8 Å². The molecule has 0 saturated carbocycles. The van der Waals surface area contributed by atoms with Crippen molar-refractivity contribution in [2.75, 3.05) is 0 Å². The predicted octanol–water partition coefficient (Wildman–Crippen LogP) is -1.76. The van der Waals surface area contributed by atoms with Gasteiger partial charge in [0.05, 0.1) is 0 Å². The van der Waals surface area contributed by atoms with Crippen molar-refractivity contribution in [3.63, 3.8) is 0 Å². The van der Waals surface area contributed by atoms with E-state index in [0.29, 0.717) is 0 Å². The average Bonchev–Trinajstić information content (AvgIpc) is 2.84. The zero-order chi connectivity index (χ0) is 10.8. The molecule has 0 spiro atoms. The van der Waals surface area contributed by atoms with E-state index >= 15 is 0 Å². The summed E-state index contributed by atoms with van der Waals surface area (Å²) in [5.74, 6) is 0. The molecule has 0 fully saturated rings. The molecule has 0 aromatic heterocycles. The van der Waals surface area contributed by atoms with Crippen molar-refractivity contribution < 1.29 is 50.7 Å². The Balaban J connectivity index is -0.0000000769. The van der Waals surface area contributed by atoms with Crippen LogP contribution in [-0.4, -0.2) is 0 Å². The van der Waals surface area contributed by atoms with Gasteiger partial charge in [-0.05, 0) is 0 Å². The number of hydrogen-bond acceptors (Lipinski definition) is 0. The molecule has 17 heavy (non-hydrogen) atoms. The van der Waals surface area contributed by atoms with Crippen LogP contribution < -0.4 is 24.8 Å². The van der Waals surface area contributed by atoms with Crippen LogP contribution in [0.3, 0.4) is 0 Å². The van der Waals surface area contributed by atoms with Crippen LogP contribution in [0.2, 0.25) is 0 Å². The molecule has 0 nitrogen and oxygen atoms in total. The molecular formula is C14H18Cl2Hf. The molecule has 0 aliphatic heterocycles. The van der Waals surface area contributed by atoms with Crippen molar-refractivity contribution in [2.24, 2.45) is 0 Å². The molecule has 2 aromatic carbocycles. The second-order valence-corrected chi connectivity index (χ2v) is 2.93. The smallest absolute Gasteiger partial charge is 1.00 e. The second kappa shape index (κ2) is 18.3. The molecule has 0 bridgehead atoms. The van der Waals surface area contributed by atoms with Gasteiger partial charge in [0.2, 0.25) is 0 Å². The van der Waals surface area contributed by atoms with Crippen molar-refractivity contribution in [3.05, 3.63) is 72.8 Å². The quantitative estimate of drug-likeness (QED) is 0.261. The molecule has 2 aromatic rings. The first-order chi connectivity index (χ1) is 6.79. The van der Waals surface area contributed by atoms with E-state index in [-0.39, 0.29) is 50.7 Å². The van der Waals surface area contributed by atoms with Gasteiger partial charge in [-0.2, -0.15) is 35.9 Å². The van der Waals surface area contributed by atoms with E-state index in [9.17, 15) is 0 Å². The van der Waals surface area contributed by atoms with Crippen molar-refractivity contribution in [3.8, 4) is 0 Å². The van der Waals surface area contributed by atoms with E-state index < -0.39 is 0 Å². The predicted molar refractivity (Wildman–Crippen MR) is 64.8 cm³/mol. The van der Waals surface area contributed by atoms with E-state index in [4.69, 9.17) is 0 Å². The topological polar surface area (TPSA) is 0 Å². The zero-order valence-corrected chi connectivity index (χ0v) is 15.4. The van der Waals surface area contributed by atoms with Gasteiger partial charge < -0.3 is 24.8 Å². The summed E-state index contributed by atoms with van der Waals surface area (Å²) in [4.78, 5) is 0. The third-order valence-corrected chi connectivity index (χ3v) is 1.62. The van der Waals surface area contributed by atoms with Gasteiger partial charge in [0, 0.05) is 0 Å². The number of hydrogen-bond donors (Lipinski definition) is 0. The molecule has 0 radical (unpaired) electrons. The van der Waals surface area contributed by atoms with Crippen LogP contribution in [0, 0.1) is 13.8 Å². The Labute approximate surface area is 136 Å². The molecule has 92 valence electrons. The van der Waals surface area contributed by atoms with Crippen LogP contribution in [0.25, 0.3) is 0 Å². The molecule has 2 rings (SSSR count). The first-order valence-corrected chi connectivity index (χ1v) is 4.65. The minimum Gasteiger partial charge on any atom is -1.00 e. The zero-order valence-electron chi connectivity index (χ0n) is 10.3. The van der Waals surface area contributed by atoms with Gasteiger partial charge in [-0.3, -0.25) is 0 Å². The van der Waals surface area contributed by atoms with Crippen molar-refractivity contribution in [1.29, 1.82) is 0 Å². The number of aryl methyl sites for hydroxylation is 2. The molecule has 0 unspecified atom stereocenters. The third kappa shape index (κ3) is 15.9. The molecule has 0 atom stereocenters. The molecule has 3 heteroatoms. The van der Waals surface area contributed by atoms with Gasteiger partial charge in [0.25, 0.3) is 0 Å². The summed E-state index contributed by atoms with van der Waals surface area (Å²) in [5.41, 5.74) is 2.72. The molecular weight excluding hydrogens is 418 g/mol. The summed E-state index contributed by atoms with van der Waals surface area (Å²) in [6.07, 6.45) is 0. The monoisotopic (exact) mass is 436 g/mol. The van der Waals surface area contributed by atoms with Gasteiger partial charge in [-0.1, -0.05) is 13.8 Å². The Morgan fingerprint density at radius 2 is 1.47 bits per heavy atom. The summed E-state index contributed by atoms with van der Waals surface area (Å²) >= 11 is 0. The van der Waals surface area contributed by atoms with Crippen LogP contribution in [0.1, 0.15) is 11.1 Å². The maximum atomic E-state index is 3.00. The van der Waals surface area contributed by atoms with Crippen LogP contribution >= 0.6 is 0 Å². The molecule has 0 N–H and O–H groups in total.